The molecule has 0 aromatic carbocycles. The van der Waals surface area contributed by atoms with Crippen LogP contribution in [0, 0.1) is 11.8 Å². The fraction of sp³-hybridized carbons (Fsp3) is 0.875. The van der Waals surface area contributed by atoms with Crippen LogP contribution >= 0.6 is 0 Å². The summed E-state index contributed by atoms with van der Waals surface area (Å²) in [5.41, 5.74) is 0. The van der Waals surface area contributed by atoms with Crippen molar-refractivity contribution in [1.29, 1.82) is 0 Å². The zero-order valence-corrected chi connectivity index (χ0v) is 14.5. The average Bonchev–Trinajstić information content (AvgIpc) is 2.22. The molecule has 0 aliphatic rings. The lowest BCUT2D eigenvalue weighted by molar-refractivity contribution is 0.222. The van der Waals surface area contributed by atoms with Gasteiger partial charge in [0.1, 0.15) is 6.10 Å². The molecule has 0 amide bonds. The second-order valence-electron chi connectivity index (χ2n) is 6.58. The third-order valence-electron chi connectivity index (χ3n) is 3.71. The molecular formula is C16H32OSi. The first-order chi connectivity index (χ1) is 8.24. The van der Waals surface area contributed by atoms with Crippen molar-refractivity contribution in [2.75, 3.05) is 0 Å². The topological polar surface area (TPSA) is 9.23 Å². The summed E-state index contributed by atoms with van der Waals surface area (Å²) in [5.74, 6) is 6.64. The highest BCUT2D eigenvalue weighted by atomic mass is 28.4. The van der Waals surface area contributed by atoms with E-state index in [-0.39, 0.29) is 11.1 Å². The van der Waals surface area contributed by atoms with E-state index in [0.29, 0.717) is 0 Å². The van der Waals surface area contributed by atoms with Crippen molar-refractivity contribution in [3.63, 3.8) is 0 Å². The molecule has 2 heteroatoms. The van der Waals surface area contributed by atoms with Crippen LogP contribution in [0.2, 0.25) is 18.1 Å². The Morgan fingerprint density at radius 1 is 1.11 bits per heavy atom. The summed E-state index contributed by atoms with van der Waals surface area (Å²) in [6.07, 6.45) is 5.78. The van der Waals surface area contributed by atoms with Crippen LogP contribution in [-0.2, 0) is 4.43 Å². The van der Waals surface area contributed by atoms with Crippen LogP contribution in [0.25, 0.3) is 0 Å². The van der Waals surface area contributed by atoms with Gasteiger partial charge in [-0.15, -0.1) is 5.92 Å². The third-order valence-corrected chi connectivity index (χ3v) is 8.20. The number of rotatable bonds is 6. The molecule has 1 nitrogen and oxygen atoms in total. The van der Waals surface area contributed by atoms with Gasteiger partial charge in [0, 0.05) is 6.42 Å². The molecule has 0 heterocycles. The highest BCUT2D eigenvalue weighted by Gasteiger charge is 2.38. The normalized spacial score (nSPS) is 13.9. The average molecular weight is 269 g/mol. The Bertz CT molecular complexity index is 278. The number of hydrogen-bond acceptors (Lipinski definition) is 1. The summed E-state index contributed by atoms with van der Waals surface area (Å²) in [7, 11) is -1.68. The Balaban J connectivity index is 4.56. The van der Waals surface area contributed by atoms with Gasteiger partial charge in [-0.2, -0.15) is 0 Å². The van der Waals surface area contributed by atoms with E-state index in [4.69, 9.17) is 4.43 Å². The maximum Gasteiger partial charge on any atom is 0.193 e. The van der Waals surface area contributed by atoms with E-state index in [1.807, 2.05) is 0 Å². The van der Waals surface area contributed by atoms with Crippen LogP contribution in [-0.4, -0.2) is 14.4 Å². The van der Waals surface area contributed by atoms with Gasteiger partial charge in [-0.3, -0.25) is 0 Å². The predicted molar refractivity (Wildman–Crippen MR) is 84.3 cm³/mol. The summed E-state index contributed by atoms with van der Waals surface area (Å²) in [4.78, 5) is 0. The van der Waals surface area contributed by atoms with E-state index < -0.39 is 8.32 Å². The first-order valence-electron chi connectivity index (χ1n) is 7.40. The molecule has 0 aliphatic heterocycles. The molecule has 0 saturated carbocycles. The maximum atomic E-state index is 6.39. The van der Waals surface area contributed by atoms with Crippen molar-refractivity contribution in [2.24, 2.45) is 0 Å². The van der Waals surface area contributed by atoms with E-state index in [9.17, 15) is 0 Å². The smallest absolute Gasteiger partial charge is 0.193 e. The van der Waals surface area contributed by atoms with E-state index in [2.05, 4.69) is 59.6 Å². The second kappa shape index (κ2) is 8.02. The summed E-state index contributed by atoms with van der Waals surface area (Å²) >= 11 is 0. The maximum absolute atomic E-state index is 6.39. The van der Waals surface area contributed by atoms with Gasteiger partial charge in [0.25, 0.3) is 0 Å². The van der Waals surface area contributed by atoms with Crippen LogP contribution in [0.5, 0.6) is 0 Å². The Kier molecular flexibility index (Phi) is 7.90. The van der Waals surface area contributed by atoms with Gasteiger partial charge in [-0.1, -0.05) is 53.4 Å². The van der Waals surface area contributed by atoms with Gasteiger partial charge in [-0.05, 0) is 31.0 Å². The third kappa shape index (κ3) is 6.61. The molecule has 0 rings (SSSR count). The molecule has 0 aliphatic carbocycles. The predicted octanol–water partition coefficient (Wildman–Crippen LogP) is 5.37. The molecule has 0 N–H and O–H groups in total. The number of unbranched alkanes of at least 4 members (excludes halogenated alkanes) is 2. The molecule has 0 spiro atoms. The first kappa shape index (κ1) is 17.7. The van der Waals surface area contributed by atoms with Crippen molar-refractivity contribution < 1.29 is 4.43 Å². The zero-order chi connectivity index (χ0) is 14.2. The molecule has 1 atom stereocenters. The molecule has 0 saturated heterocycles. The zero-order valence-electron chi connectivity index (χ0n) is 13.5. The van der Waals surface area contributed by atoms with E-state index in [1.165, 1.54) is 12.8 Å². The van der Waals surface area contributed by atoms with Crippen molar-refractivity contribution in [3.05, 3.63) is 0 Å². The first-order valence-corrected chi connectivity index (χ1v) is 10.3. The van der Waals surface area contributed by atoms with Crippen LogP contribution < -0.4 is 0 Å². The Hall–Kier alpha value is -0.263. The van der Waals surface area contributed by atoms with Crippen molar-refractivity contribution in [3.8, 4) is 11.8 Å². The number of hydrogen-bond donors (Lipinski definition) is 0. The van der Waals surface area contributed by atoms with Crippen LogP contribution in [0.4, 0.5) is 0 Å². The molecule has 0 radical (unpaired) electrons. The minimum Gasteiger partial charge on any atom is -0.403 e. The summed E-state index contributed by atoms with van der Waals surface area (Å²) in [5, 5.41) is 0.268. The minimum absolute atomic E-state index is 0.146. The van der Waals surface area contributed by atoms with Crippen molar-refractivity contribution in [1.82, 2.24) is 0 Å². The van der Waals surface area contributed by atoms with Gasteiger partial charge < -0.3 is 4.43 Å². The molecular weight excluding hydrogens is 236 g/mol. The molecule has 18 heavy (non-hydrogen) atoms. The Morgan fingerprint density at radius 2 is 1.72 bits per heavy atom. The molecule has 0 unspecified atom stereocenters. The van der Waals surface area contributed by atoms with Gasteiger partial charge in [0.05, 0.1) is 0 Å². The van der Waals surface area contributed by atoms with E-state index >= 15 is 0 Å². The van der Waals surface area contributed by atoms with Gasteiger partial charge in [0.15, 0.2) is 8.32 Å². The standard InChI is InChI=1S/C16H32OSi/c1-8-10-11-12-14-15(13-9-2)17-18(6,7)16(3,4)5/h15H,8-11,13H2,1-7H3/t15-/m0/s1. The Labute approximate surface area is 116 Å². The largest absolute Gasteiger partial charge is 0.403 e. The van der Waals surface area contributed by atoms with Gasteiger partial charge in [-0.25, -0.2) is 0 Å². The van der Waals surface area contributed by atoms with Crippen LogP contribution in [0.15, 0.2) is 0 Å². The molecule has 0 bridgehead atoms. The molecule has 0 aromatic heterocycles. The summed E-state index contributed by atoms with van der Waals surface area (Å²) in [6.45, 7) is 15.9. The highest BCUT2D eigenvalue weighted by Crippen LogP contribution is 2.37. The van der Waals surface area contributed by atoms with Crippen LogP contribution in [0.3, 0.4) is 0 Å². The van der Waals surface area contributed by atoms with Gasteiger partial charge in [0.2, 0.25) is 0 Å². The fourth-order valence-corrected chi connectivity index (χ4v) is 2.65. The lowest BCUT2D eigenvalue weighted by Gasteiger charge is -2.38. The molecule has 0 fully saturated rings. The lowest BCUT2D eigenvalue weighted by atomic mass is 10.2. The molecule has 0 aromatic rings. The van der Waals surface area contributed by atoms with Crippen molar-refractivity contribution >= 4 is 8.32 Å². The van der Waals surface area contributed by atoms with E-state index in [0.717, 1.165) is 19.3 Å². The summed E-state index contributed by atoms with van der Waals surface area (Å²) < 4.78 is 6.39. The monoisotopic (exact) mass is 268 g/mol. The highest BCUT2D eigenvalue weighted by molar-refractivity contribution is 6.74. The van der Waals surface area contributed by atoms with E-state index in [1.54, 1.807) is 0 Å². The lowest BCUT2D eigenvalue weighted by Crippen LogP contribution is -2.43. The SMILES string of the molecule is CCCCC#C[C@H](CCC)O[Si](C)(C)C(C)(C)C. The minimum atomic E-state index is -1.68. The second-order valence-corrected chi connectivity index (χ2v) is 11.3. The quantitative estimate of drug-likeness (QED) is 0.357. The summed E-state index contributed by atoms with van der Waals surface area (Å²) in [6, 6.07) is 0. The molecule has 106 valence electrons. The Morgan fingerprint density at radius 3 is 2.17 bits per heavy atom. The fourth-order valence-electron chi connectivity index (χ4n) is 1.41. The van der Waals surface area contributed by atoms with Crippen LogP contribution in [0.1, 0.15) is 66.7 Å². The van der Waals surface area contributed by atoms with Gasteiger partial charge >= 0.3 is 0 Å². The van der Waals surface area contributed by atoms with Crippen molar-refractivity contribution in [2.45, 2.75) is 91.0 Å².